The molecule has 0 heterocycles. The zero-order valence-corrected chi connectivity index (χ0v) is 8.85. The summed E-state index contributed by atoms with van der Waals surface area (Å²) in [4.78, 5) is 22.0. The van der Waals surface area contributed by atoms with Gasteiger partial charge in [-0.05, 0) is 5.75 Å². The summed E-state index contributed by atoms with van der Waals surface area (Å²) in [5.41, 5.74) is 0. The average Bonchev–Trinajstić information content (AvgIpc) is 2.15. The van der Waals surface area contributed by atoms with Gasteiger partial charge in [0, 0.05) is 0 Å². The van der Waals surface area contributed by atoms with Crippen molar-refractivity contribution in [2.75, 3.05) is 20.0 Å². The van der Waals surface area contributed by atoms with Crippen molar-refractivity contribution >= 4 is 23.7 Å². The van der Waals surface area contributed by atoms with Crippen LogP contribution in [-0.4, -0.2) is 37.2 Å². The molecule has 0 amide bonds. The molecule has 0 aromatic heterocycles. The Labute approximate surface area is 82.0 Å². The minimum absolute atomic E-state index is 0.0711. The molecule has 0 aromatic rings. The standard InChI is InChI=1S/C8H14O4S/c1-4-13-6(8(10)12-3)5-7(9)11-2/h6H,4-5H2,1-3H3. The van der Waals surface area contributed by atoms with Gasteiger partial charge in [0.05, 0.1) is 20.6 Å². The molecule has 0 bridgehead atoms. The van der Waals surface area contributed by atoms with Gasteiger partial charge in [0.25, 0.3) is 0 Å². The molecule has 1 atom stereocenters. The van der Waals surface area contributed by atoms with Crippen LogP contribution in [0.2, 0.25) is 0 Å². The van der Waals surface area contributed by atoms with Crippen LogP contribution in [0.1, 0.15) is 13.3 Å². The van der Waals surface area contributed by atoms with Gasteiger partial charge in [0.1, 0.15) is 5.25 Å². The predicted octanol–water partition coefficient (Wildman–Crippen LogP) is 0.844. The number of hydrogen-bond acceptors (Lipinski definition) is 5. The van der Waals surface area contributed by atoms with Gasteiger partial charge in [-0.2, -0.15) is 0 Å². The largest absolute Gasteiger partial charge is 0.469 e. The SMILES string of the molecule is CCSC(CC(=O)OC)C(=O)OC. The first-order chi connectivity index (χ1) is 6.15. The van der Waals surface area contributed by atoms with E-state index in [4.69, 9.17) is 0 Å². The van der Waals surface area contributed by atoms with E-state index in [1.807, 2.05) is 6.92 Å². The highest BCUT2D eigenvalue weighted by atomic mass is 32.2. The molecule has 0 aliphatic rings. The summed E-state index contributed by atoms with van der Waals surface area (Å²) in [5, 5.41) is -0.442. The molecule has 0 aromatic carbocycles. The fourth-order valence-electron chi connectivity index (χ4n) is 0.778. The van der Waals surface area contributed by atoms with Crippen LogP contribution >= 0.6 is 11.8 Å². The summed E-state index contributed by atoms with van der Waals surface area (Å²) < 4.78 is 9.00. The van der Waals surface area contributed by atoms with E-state index in [0.29, 0.717) is 0 Å². The molecule has 0 saturated carbocycles. The zero-order chi connectivity index (χ0) is 10.3. The van der Waals surface area contributed by atoms with Crippen molar-refractivity contribution in [3.05, 3.63) is 0 Å². The van der Waals surface area contributed by atoms with Gasteiger partial charge in [-0.3, -0.25) is 9.59 Å². The van der Waals surface area contributed by atoms with Crippen LogP contribution in [0.5, 0.6) is 0 Å². The lowest BCUT2D eigenvalue weighted by Crippen LogP contribution is -2.23. The van der Waals surface area contributed by atoms with Crippen molar-refractivity contribution in [3.8, 4) is 0 Å². The average molecular weight is 206 g/mol. The summed E-state index contributed by atoms with van der Waals surface area (Å²) in [7, 11) is 2.61. The van der Waals surface area contributed by atoms with Crippen molar-refractivity contribution in [1.82, 2.24) is 0 Å². The van der Waals surface area contributed by atoms with Gasteiger partial charge >= 0.3 is 11.9 Å². The third-order valence-corrected chi connectivity index (χ3v) is 2.51. The van der Waals surface area contributed by atoms with Crippen molar-refractivity contribution < 1.29 is 19.1 Å². The molecule has 0 N–H and O–H groups in total. The van der Waals surface area contributed by atoms with Gasteiger partial charge in [-0.1, -0.05) is 6.92 Å². The summed E-state index contributed by atoms with van der Waals surface area (Å²) in [6, 6.07) is 0. The monoisotopic (exact) mass is 206 g/mol. The Morgan fingerprint density at radius 2 is 1.92 bits per heavy atom. The van der Waals surface area contributed by atoms with E-state index in [9.17, 15) is 9.59 Å². The zero-order valence-electron chi connectivity index (χ0n) is 8.03. The Kier molecular flexibility index (Phi) is 6.40. The van der Waals surface area contributed by atoms with Crippen molar-refractivity contribution in [3.63, 3.8) is 0 Å². The van der Waals surface area contributed by atoms with E-state index in [2.05, 4.69) is 9.47 Å². The summed E-state index contributed by atoms with van der Waals surface area (Å²) in [6.07, 6.45) is 0.0711. The van der Waals surface area contributed by atoms with E-state index in [1.165, 1.54) is 26.0 Å². The molecule has 76 valence electrons. The Hall–Kier alpha value is -0.710. The smallest absolute Gasteiger partial charge is 0.319 e. The van der Waals surface area contributed by atoms with E-state index in [1.54, 1.807) is 0 Å². The minimum Gasteiger partial charge on any atom is -0.469 e. The number of carbonyl (C=O) groups excluding carboxylic acids is 2. The van der Waals surface area contributed by atoms with Gasteiger partial charge in [-0.15, -0.1) is 11.8 Å². The number of esters is 2. The van der Waals surface area contributed by atoms with E-state index >= 15 is 0 Å². The molecule has 4 nitrogen and oxygen atoms in total. The van der Waals surface area contributed by atoms with E-state index in [-0.39, 0.29) is 12.4 Å². The highest BCUT2D eigenvalue weighted by Gasteiger charge is 2.22. The normalized spacial score (nSPS) is 11.9. The Bertz CT molecular complexity index is 181. The Morgan fingerprint density at radius 3 is 2.31 bits per heavy atom. The predicted molar refractivity (Wildman–Crippen MR) is 50.6 cm³/mol. The van der Waals surface area contributed by atoms with Crippen LogP contribution in [0.4, 0.5) is 0 Å². The molecule has 0 rings (SSSR count). The molecule has 0 aliphatic heterocycles. The van der Waals surface area contributed by atoms with Crippen molar-refractivity contribution in [1.29, 1.82) is 0 Å². The fraction of sp³-hybridized carbons (Fsp3) is 0.750. The van der Waals surface area contributed by atoms with Gasteiger partial charge in [-0.25, -0.2) is 0 Å². The molecular weight excluding hydrogens is 192 g/mol. The molecule has 0 fully saturated rings. The number of thioether (sulfide) groups is 1. The van der Waals surface area contributed by atoms with Gasteiger partial charge in [0.2, 0.25) is 0 Å². The second kappa shape index (κ2) is 6.77. The maximum Gasteiger partial charge on any atom is 0.319 e. The highest BCUT2D eigenvalue weighted by Crippen LogP contribution is 2.16. The molecule has 1 unspecified atom stereocenters. The topological polar surface area (TPSA) is 52.6 Å². The van der Waals surface area contributed by atoms with E-state index < -0.39 is 11.2 Å². The molecule has 5 heteroatoms. The molecule has 13 heavy (non-hydrogen) atoms. The summed E-state index contributed by atoms with van der Waals surface area (Å²) in [6.45, 7) is 1.91. The van der Waals surface area contributed by atoms with Crippen molar-refractivity contribution in [2.45, 2.75) is 18.6 Å². The van der Waals surface area contributed by atoms with Crippen LogP contribution < -0.4 is 0 Å². The van der Waals surface area contributed by atoms with Crippen LogP contribution in [0.15, 0.2) is 0 Å². The molecule has 0 aliphatic carbocycles. The number of carbonyl (C=O) groups is 2. The summed E-state index contributed by atoms with van der Waals surface area (Å²) >= 11 is 1.38. The first-order valence-corrected chi connectivity index (χ1v) is 4.96. The first kappa shape index (κ1) is 12.3. The number of methoxy groups -OCH3 is 2. The Balaban J connectivity index is 4.08. The molecule has 0 radical (unpaired) electrons. The van der Waals surface area contributed by atoms with Crippen LogP contribution in [0, 0.1) is 0 Å². The quantitative estimate of drug-likeness (QED) is 0.624. The number of hydrogen-bond donors (Lipinski definition) is 0. The fourth-order valence-corrected chi connectivity index (χ4v) is 1.67. The van der Waals surface area contributed by atoms with Crippen LogP contribution in [0.25, 0.3) is 0 Å². The highest BCUT2D eigenvalue weighted by molar-refractivity contribution is 8.00. The third-order valence-electron chi connectivity index (χ3n) is 1.41. The van der Waals surface area contributed by atoms with Gasteiger partial charge < -0.3 is 9.47 Å². The van der Waals surface area contributed by atoms with E-state index in [0.717, 1.165) is 5.75 Å². The second-order valence-corrected chi connectivity index (χ2v) is 3.73. The molecule has 0 saturated heterocycles. The maximum atomic E-state index is 11.1. The second-order valence-electron chi connectivity index (χ2n) is 2.25. The van der Waals surface area contributed by atoms with Crippen LogP contribution in [0.3, 0.4) is 0 Å². The first-order valence-electron chi connectivity index (χ1n) is 3.91. The minimum atomic E-state index is -0.442. The number of ether oxygens (including phenoxy) is 2. The van der Waals surface area contributed by atoms with Gasteiger partial charge in [0.15, 0.2) is 0 Å². The summed E-state index contributed by atoms with van der Waals surface area (Å²) in [5.74, 6) is -0.00914. The van der Waals surface area contributed by atoms with Crippen LogP contribution in [-0.2, 0) is 19.1 Å². The molecular formula is C8H14O4S. The molecule has 0 spiro atoms. The third kappa shape index (κ3) is 4.77. The lowest BCUT2D eigenvalue weighted by molar-refractivity contribution is -0.146. The lowest BCUT2D eigenvalue weighted by Gasteiger charge is -2.11. The van der Waals surface area contributed by atoms with Crippen molar-refractivity contribution in [2.24, 2.45) is 0 Å². The Morgan fingerprint density at radius 1 is 1.31 bits per heavy atom. The lowest BCUT2D eigenvalue weighted by atomic mass is 10.3. The maximum absolute atomic E-state index is 11.1. The number of rotatable bonds is 5.